The highest BCUT2D eigenvalue weighted by Gasteiger charge is 2.32. The number of hydrogen-bond acceptors (Lipinski definition) is 5. The third kappa shape index (κ3) is 6.47. The maximum absolute atomic E-state index is 13.1. The number of carbonyl (C=O) groups excluding carboxylic acids is 3. The van der Waals surface area contributed by atoms with E-state index in [0.717, 1.165) is 16.7 Å². The average molecular weight is 557 g/mol. The maximum atomic E-state index is 13.1. The van der Waals surface area contributed by atoms with Crippen molar-refractivity contribution in [2.75, 3.05) is 11.1 Å². The Labute approximate surface area is 235 Å². The van der Waals surface area contributed by atoms with E-state index in [1.165, 1.54) is 0 Å². The molecule has 9 heteroatoms. The van der Waals surface area contributed by atoms with Crippen molar-refractivity contribution in [2.45, 2.75) is 18.5 Å². The molecule has 1 aromatic heterocycles. The van der Waals surface area contributed by atoms with Crippen molar-refractivity contribution in [1.82, 2.24) is 15.2 Å². The molecule has 1 aliphatic rings. The highest BCUT2D eigenvalue weighted by molar-refractivity contribution is 8.00. The summed E-state index contributed by atoms with van der Waals surface area (Å²) >= 11 is 7.56. The summed E-state index contributed by atoms with van der Waals surface area (Å²) in [6, 6.07) is 25.2. The molecule has 1 atom stereocenters. The van der Waals surface area contributed by atoms with Gasteiger partial charge in [0.25, 0.3) is 11.8 Å². The van der Waals surface area contributed by atoms with E-state index in [0.29, 0.717) is 40.7 Å². The van der Waals surface area contributed by atoms with E-state index in [2.05, 4.69) is 15.6 Å². The topological polar surface area (TPSA) is 91.4 Å². The van der Waals surface area contributed by atoms with Gasteiger partial charge in [0.15, 0.2) is 0 Å². The van der Waals surface area contributed by atoms with E-state index in [1.807, 2.05) is 47.4 Å². The number of hydrogen-bond donors (Lipinski definition) is 2. The predicted molar refractivity (Wildman–Crippen MR) is 153 cm³/mol. The van der Waals surface area contributed by atoms with Crippen molar-refractivity contribution in [3.8, 4) is 0 Å². The molecular weight excluding hydrogens is 532 g/mol. The number of anilines is 1. The summed E-state index contributed by atoms with van der Waals surface area (Å²) in [7, 11) is 0. The molecule has 2 heterocycles. The van der Waals surface area contributed by atoms with Crippen molar-refractivity contribution in [3.63, 3.8) is 0 Å². The van der Waals surface area contributed by atoms with Gasteiger partial charge < -0.3 is 15.5 Å². The Balaban J connectivity index is 1.25. The molecule has 1 saturated heterocycles. The minimum absolute atomic E-state index is 0.0696. The monoisotopic (exact) mass is 556 g/mol. The molecule has 4 aromatic rings. The minimum atomic E-state index is -0.331. The van der Waals surface area contributed by atoms with Crippen molar-refractivity contribution in [2.24, 2.45) is 0 Å². The Morgan fingerprint density at radius 2 is 1.69 bits per heavy atom. The van der Waals surface area contributed by atoms with E-state index >= 15 is 0 Å². The van der Waals surface area contributed by atoms with Crippen LogP contribution in [0.1, 0.15) is 42.8 Å². The number of carbonyl (C=O) groups is 3. The Hall–Kier alpha value is -4.14. The first-order valence-corrected chi connectivity index (χ1v) is 13.7. The van der Waals surface area contributed by atoms with Crippen LogP contribution in [0.3, 0.4) is 0 Å². The van der Waals surface area contributed by atoms with E-state index < -0.39 is 0 Å². The van der Waals surface area contributed by atoms with Gasteiger partial charge in [0, 0.05) is 36.1 Å². The van der Waals surface area contributed by atoms with Gasteiger partial charge in [0.05, 0.1) is 17.0 Å². The summed E-state index contributed by atoms with van der Waals surface area (Å²) in [5, 5.41) is 6.23. The largest absolute Gasteiger partial charge is 0.348 e. The standard InChI is InChI=1S/C30H25ClN4O3S/c31-24-13-7-20(8-14-24)18-35-27(36)19-39-30(35)23-11-9-22(10-12-23)28(37)34-26-6-2-1-5-25(26)29(38)33-17-21-4-3-15-32-16-21/h1-16,30H,17-19H2,(H,33,38)(H,34,37)/t30-/m0/s1. The summed E-state index contributed by atoms with van der Waals surface area (Å²) in [6.45, 7) is 0.808. The van der Waals surface area contributed by atoms with E-state index in [1.54, 1.807) is 66.6 Å². The Bertz CT molecular complexity index is 1480. The molecule has 1 aliphatic heterocycles. The van der Waals surface area contributed by atoms with Gasteiger partial charge >= 0.3 is 0 Å². The quantitative estimate of drug-likeness (QED) is 0.291. The SMILES string of the molecule is O=C(Nc1ccccc1C(=O)NCc1cccnc1)c1ccc([C@@H]2SCC(=O)N2Cc2ccc(Cl)cc2)cc1. The van der Waals surface area contributed by atoms with Crippen LogP contribution in [0.2, 0.25) is 5.02 Å². The van der Waals surface area contributed by atoms with Crippen LogP contribution < -0.4 is 10.6 Å². The average Bonchev–Trinajstić information content (AvgIpc) is 3.33. The van der Waals surface area contributed by atoms with Crippen LogP contribution in [0.15, 0.2) is 97.3 Å². The summed E-state index contributed by atoms with van der Waals surface area (Å²) in [6.07, 6.45) is 3.36. The number of pyridine rings is 1. The fourth-order valence-electron chi connectivity index (χ4n) is 4.25. The Kier molecular flexibility index (Phi) is 8.24. The third-order valence-corrected chi connectivity index (χ3v) is 7.80. The number of nitrogens with one attached hydrogen (secondary N) is 2. The second-order valence-electron chi connectivity index (χ2n) is 8.98. The highest BCUT2D eigenvalue weighted by atomic mass is 35.5. The predicted octanol–water partition coefficient (Wildman–Crippen LogP) is 5.69. The van der Waals surface area contributed by atoms with Gasteiger partial charge in [-0.1, -0.05) is 54.1 Å². The Morgan fingerprint density at radius 1 is 0.923 bits per heavy atom. The van der Waals surface area contributed by atoms with E-state index in [9.17, 15) is 14.4 Å². The van der Waals surface area contributed by atoms with Gasteiger partial charge in [-0.05, 0) is 59.2 Å². The number of para-hydroxylation sites is 1. The smallest absolute Gasteiger partial charge is 0.255 e. The van der Waals surface area contributed by atoms with Crippen molar-refractivity contribution >= 4 is 46.8 Å². The van der Waals surface area contributed by atoms with E-state index in [-0.39, 0.29) is 23.1 Å². The number of halogens is 1. The molecule has 3 aromatic carbocycles. The lowest BCUT2D eigenvalue weighted by Gasteiger charge is -2.24. The van der Waals surface area contributed by atoms with Gasteiger partial charge in [-0.15, -0.1) is 11.8 Å². The molecule has 0 spiro atoms. The second kappa shape index (κ2) is 12.1. The van der Waals surface area contributed by atoms with E-state index in [4.69, 9.17) is 11.6 Å². The lowest BCUT2D eigenvalue weighted by molar-refractivity contribution is -0.128. The Morgan fingerprint density at radius 3 is 2.44 bits per heavy atom. The first kappa shape index (κ1) is 26.5. The first-order valence-electron chi connectivity index (χ1n) is 12.3. The fourth-order valence-corrected chi connectivity index (χ4v) is 5.57. The van der Waals surface area contributed by atoms with Gasteiger partial charge in [-0.3, -0.25) is 19.4 Å². The first-order chi connectivity index (χ1) is 19.0. The second-order valence-corrected chi connectivity index (χ2v) is 10.5. The van der Waals surface area contributed by atoms with Crippen molar-refractivity contribution in [3.05, 3.63) is 130 Å². The van der Waals surface area contributed by atoms with Gasteiger partial charge in [-0.2, -0.15) is 0 Å². The molecular formula is C30H25ClN4O3S. The molecule has 0 aliphatic carbocycles. The molecule has 0 saturated carbocycles. The number of rotatable bonds is 8. The summed E-state index contributed by atoms with van der Waals surface area (Å²) < 4.78 is 0. The normalized spacial score (nSPS) is 14.7. The van der Waals surface area contributed by atoms with Crippen LogP contribution >= 0.6 is 23.4 Å². The van der Waals surface area contributed by atoms with Crippen LogP contribution in [0.5, 0.6) is 0 Å². The van der Waals surface area contributed by atoms with Gasteiger partial charge in [0.1, 0.15) is 5.37 Å². The van der Waals surface area contributed by atoms with Crippen LogP contribution in [0.25, 0.3) is 0 Å². The molecule has 2 N–H and O–H groups in total. The van der Waals surface area contributed by atoms with Gasteiger partial charge in [-0.25, -0.2) is 0 Å². The summed E-state index contributed by atoms with van der Waals surface area (Å²) in [5.41, 5.74) is 4.04. The molecule has 0 radical (unpaired) electrons. The molecule has 0 unspecified atom stereocenters. The molecule has 7 nitrogen and oxygen atoms in total. The maximum Gasteiger partial charge on any atom is 0.255 e. The molecule has 5 rings (SSSR count). The summed E-state index contributed by atoms with van der Waals surface area (Å²) in [4.78, 5) is 44.4. The van der Waals surface area contributed by atoms with Crippen LogP contribution in [0.4, 0.5) is 5.69 Å². The van der Waals surface area contributed by atoms with Crippen molar-refractivity contribution < 1.29 is 14.4 Å². The minimum Gasteiger partial charge on any atom is -0.348 e. The number of aromatic nitrogens is 1. The highest BCUT2D eigenvalue weighted by Crippen LogP contribution is 2.39. The molecule has 1 fully saturated rings. The fraction of sp³-hybridized carbons (Fsp3) is 0.133. The lowest BCUT2D eigenvalue weighted by Crippen LogP contribution is -2.27. The lowest BCUT2D eigenvalue weighted by atomic mass is 10.1. The van der Waals surface area contributed by atoms with Gasteiger partial charge in [0.2, 0.25) is 5.91 Å². The molecule has 3 amide bonds. The zero-order chi connectivity index (χ0) is 27.2. The number of benzene rings is 3. The number of thioether (sulfide) groups is 1. The zero-order valence-electron chi connectivity index (χ0n) is 20.8. The number of amides is 3. The third-order valence-electron chi connectivity index (χ3n) is 6.29. The van der Waals surface area contributed by atoms with Crippen LogP contribution in [0, 0.1) is 0 Å². The molecule has 39 heavy (non-hydrogen) atoms. The van der Waals surface area contributed by atoms with Crippen LogP contribution in [-0.2, 0) is 17.9 Å². The zero-order valence-corrected chi connectivity index (χ0v) is 22.4. The number of nitrogens with zero attached hydrogens (tertiary/aromatic N) is 2. The summed E-state index contributed by atoms with van der Waals surface area (Å²) in [5.74, 6) is -0.156. The molecule has 196 valence electrons. The van der Waals surface area contributed by atoms with Crippen molar-refractivity contribution in [1.29, 1.82) is 0 Å². The van der Waals surface area contributed by atoms with Crippen LogP contribution in [-0.4, -0.2) is 33.4 Å². The molecule has 0 bridgehead atoms.